The van der Waals surface area contributed by atoms with Crippen LogP contribution in [0, 0.1) is 17.1 Å². The number of aliphatic hydroxyl groups is 2. The van der Waals surface area contributed by atoms with Gasteiger partial charge >= 0.3 is 7.82 Å². The summed E-state index contributed by atoms with van der Waals surface area (Å²) in [5, 5.41) is 37.6. The number of benzene rings is 1. The number of ether oxygens (including phenoxy) is 2. The van der Waals surface area contributed by atoms with Gasteiger partial charge in [0.1, 0.15) is 54.0 Å². The summed E-state index contributed by atoms with van der Waals surface area (Å²) in [5.41, 5.74) is 2.94. The fourth-order valence-corrected chi connectivity index (χ4v) is 9.20. The standard InChI is InChI=1S/C40H61FN5O8P/c1-3-4-5-6-7-8-9-10-11-12-13-14-15-16-17-18-19-20-31(52-30-22-21-29(26-42)32(41)25-30)27-51-55(49,50)54-38-39(2)40(38,48)36(47)35(53-39)33-23-24-34-37(43)44-28-45-46(33)34/h21-22,24-25,28,31,33,35-36,38,47-48H,3-20,23,27H2,1-2H3,(H,49,50)(H2,43,44,45)/t31-,33?,35+,36+,38?,39-,40-/m1/s1. The lowest BCUT2D eigenvalue weighted by molar-refractivity contribution is -0.0999. The van der Waals surface area contributed by atoms with Gasteiger partial charge in [-0.25, -0.2) is 13.9 Å². The van der Waals surface area contributed by atoms with E-state index in [2.05, 4.69) is 17.0 Å². The van der Waals surface area contributed by atoms with E-state index in [1.54, 1.807) is 11.1 Å². The molecule has 8 atom stereocenters. The summed E-state index contributed by atoms with van der Waals surface area (Å²) < 4.78 is 50.5. The summed E-state index contributed by atoms with van der Waals surface area (Å²) in [6.07, 6.45) is 20.6. The van der Waals surface area contributed by atoms with E-state index in [0.29, 0.717) is 18.5 Å². The van der Waals surface area contributed by atoms with Crippen LogP contribution in [-0.2, 0) is 18.3 Å². The first-order valence-electron chi connectivity index (χ1n) is 20.4. The van der Waals surface area contributed by atoms with Gasteiger partial charge in [0, 0.05) is 6.07 Å². The average molecular weight is 790 g/mol. The number of nitriles is 1. The lowest BCUT2D eigenvalue weighted by Crippen LogP contribution is -2.50. The summed E-state index contributed by atoms with van der Waals surface area (Å²) in [6.45, 7) is 3.39. The SMILES string of the molecule is CCCCCCCCCCCCCCCCCCC[C@H](COP(=O)(O)OC1[C@@]2(C)O[C@@H](C3CC=C4C(N)=NC=NN43)[C@H](O)[C@@]12O)Oc1ccc(C#N)c(F)c1. The molecule has 4 aliphatic rings. The molecule has 0 aromatic heterocycles. The number of phosphoric ester groups is 1. The predicted octanol–water partition coefficient (Wildman–Crippen LogP) is 7.52. The molecule has 5 N–H and O–H groups in total. The van der Waals surface area contributed by atoms with Crippen LogP contribution in [0.25, 0.3) is 0 Å². The molecule has 1 aromatic carbocycles. The molecular formula is C40H61FN5O8P. The van der Waals surface area contributed by atoms with Gasteiger partial charge in [0.15, 0.2) is 11.4 Å². The molecule has 1 saturated heterocycles. The van der Waals surface area contributed by atoms with E-state index in [1.807, 2.05) is 6.08 Å². The van der Waals surface area contributed by atoms with Gasteiger partial charge in [-0.15, -0.1) is 0 Å². The Hall–Kier alpha value is -2.89. The monoisotopic (exact) mass is 789 g/mol. The lowest BCUT2D eigenvalue weighted by Gasteiger charge is -2.34. The fourth-order valence-electron chi connectivity index (χ4n) is 8.16. The third kappa shape index (κ3) is 10.7. The number of unbranched alkanes of at least 4 members (excludes halogenated alkanes) is 16. The van der Waals surface area contributed by atoms with Crippen LogP contribution in [-0.4, -0.2) is 80.6 Å². The Morgan fingerprint density at radius 1 is 1.05 bits per heavy atom. The molecule has 1 saturated carbocycles. The maximum atomic E-state index is 14.4. The first-order chi connectivity index (χ1) is 26.4. The topological polar surface area (TPSA) is 192 Å². The highest BCUT2D eigenvalue weighted by molar-refractivity contribution is 7.47. The zero-order valence-corrected chi connectivity index (χ0v) is 33.4. The molecule has 2 fully saturated rings. The number of aliphatic imine (C=N–C) groups is 1. The molecule has 3 heterocycles. The molecule has 1 aromatic rings. The van der Waals surface area contributed by atoms with Gasteiger partial charge in [-0.2, -0.15) is 10.4 Å². The Balaban J connectivity index is 1.03. The molecule has 0 amide bonds. The number of halogens is 1. The number of rotatable bonds is 26. The van der Waals surface area contributed by atoms with Crippen LogP contribution in [0.1, 0.15) is 141 Å². The molecule has 0 radical (unpaired) electrons. The van der Waals surface area contributed by atoms with Gasteiger partial charge in [0.05, 0.1) is 23.9 Å². The van der Waals surface area contributed by atoms with Gasteiger partial charge in [-0.3, -0.25) is 14.1 Å². The van der Waals surface area contributed by atoms with E-state index in [4.69, 9.17) is 29.5 Å². The van der Waals surface area contributed by atoms with Crippen molar-refractivity contribution in [3.05, 3.63) is 41.4 Å². The molecule has 0 spiro atoms. The maximum absolute atomic E-state index is 14.4. The number of aliphatic hydroxyl groups excluding tert-OH is 1. The molecule has 3 unspecified atom stereocenters. The highest BCUT2D eigenvalue weighted by atomic mass is 31.2. The van der Waals surface area contributed by atoms with Crippen molar-refractivity contribution in [3.63, 3.8) is 0 Å². The van der Waals surface area contributed by atoms with Crippen molar-refractivity contribution in [1.82, 2.24) is 5.01 Å². The number of amidine groups is 1. The molecule has 0 bridgehead atoms. The highest BCUT2D eigenvalue weighted by Gasteiger charge is 2.87. The zero-order chi connectivity index (χ0) is 39.5. The second-order valence-electron chi connectivity index (χ2n) is 15.6. The third-order valence-corrected chi connectivity index (χ3v) is 12.5. The minimum absolute atomic E-state index is 0.124. The van der Waals surface area contributed by atoms with Crippen LogP contribution < -0.4 is 10.5 Å². The lowest BCUT2D eigenvalue weighted by atomic mass is 9.99. The van der Waals surface area contributed by atoms with Gasteiger partial charge in [-0.1, -0.05) is 116 Å². The van der Waals surface area contributed by atoms with E-state index >= 15 is 0 Å². The number of fused-ring (bicyclic) bond motifs is 2. The minimum atomic E-state index is -4.81. The minimum Gasteiger partial charge on any atom is -0.488 e. The van der Waals surface area contributed by atoms with Crippen LogP contribution in [0.5, 0.6) is 5.75 Å². The van der Waals surface area contributed by atoms with E-state index in [9.17, 15) is 24.1 Å². The number of hydrogen-bond donors (Lipinski definition) is 4. The van der Waals surface area contributed by atoms with Crippen molar-refractivity contribution in [2.24, 2.45) is 15.8 Å². The van der Waals surface area contributed by atoms with Crippen molar-refractivity contribution >= 4 is 20.0 Å². The normalized spacial score (nSPS) is 28.2. The quantitative estimate of drug-likeness (QED) is 0.0536. The number of hydrazone groups is 1. The second-order valence-corrected chi connectivity index (χ2v) is 17.0. The molecular weight excluding hydrogens is 728 g/mol. The third-order valence-electron chi connectivity index (χ3n) is 11.5. The molecule has 3 aliphatic heterocycles. The molecule has 5 rings (SSSR count). The van der Waals surface area contributed by atoms with Gasteiger partial charge in [0.25, 0.3) is 0 Å². The van der Waals surface area contributed by atoms with Crippen LogP contribution in [0.3, 0.4) is 0 Å². The summed E-state index contributed by atoms with van der Waals surface area (Å²) in [4.78, 5) is 14.7. The Kier molecular flexibility index (Phi) is 15.7. The Morgan fingerprint density at radius 3 is 2.20 bits per heavy atom. The number of nitrogens with zero attached hydrogens (tertiary/aromatic N) is 4. The molecule has 306 valence electrons. The van der Waals surface area contributed by atoms with Gasteiger partial charge in [0.2, 0.25) is 0 Å². The number of phosphoric acid groups is 1. The Labute approximate surface area is 325 Å². The molecule has 15 heteroatoms. The Bertz CT molecular complexity index is 1610. The zero-order valence-electron chi connectivity index (χ0n) is 32.5. The summed E-state index contributed by atoms with van der Waals surface area (Å²) >= 11 is 0. The molecule has 1 aliphatic carbocycles. The number of hydrogen-bond acceptors (Lipinski definition) is 12. The predicted molar refractivity (Wildman–Crippen MR) is 208 cm³/mol. The maximum Gasteiger partial charge on any atom is 0.472 e. The van der Waals surface area contributed by atoms with E-state index in [-0.39, 0.29) is 23.8 Å². The fraction of sp³-hybridized carbons (Fsp3) is 0.725. The second kappa shape index (κ2) is 20.0. The highest BCUT2D eigenvalue weighted by Crippen LogP contribution is 2.66. The van der Waals surface area contributed by atoms with Crippen molar-refractivity contribution in [2.75, 3.05) is 6.61 Å². The number of nitrogens with two attached hydrogens (primary N) is 1. The van der Waals surface area contributed by atoms with Crippen LogP contribution in [0.4, 0.5) is 4.39 Å². The largest absolute Gasteiger partial charge is 0.488 e. The van der Waals surface area contributed by atoms with E-state index in [1.165, 1.54) is 109 Å². The van der Waals surface area contributed by atoms with Gasteiger partial charge < -0.3 is 30.3 Å². The van der Waals surface area contributed by atoms with Crippen LogP contribution in [0.15, 0.2) is 40.1 Å². The van der Waals surface area contributed by atoms with Crippen molar-refractivity contribution in [2.45, 2.75) is 178 Å². The van der Waals surface area contributed by atoms with Crippen LogP contribution in [0.2, 0.25) is 0 Å². The van der Waals surface area contributed by atoms with Crippen molar-refractivity contribution in [3.8, 4) is 11.8 Å². The first-order valence-corrected chi connectivity index (χ1v) is 21.9. The Morgan fingerprint density at radius 2 is 1.65 bits per heavy atom. The van der Waals surface area contributed by atoms with Gasteiger partial charge in [-0.05, 0) is 38.3 Å². The van der Waals surface area contributed by atoms with Crippen molar-refractivity contribution in [1.29, 1.82) is 5.26 Å². The summed E-state index contributed by atoms with van der Waals surface area (Å²) in [7, 11) is -4.81. The smallest absolute Gasteiger partial charge is 0.472 e. The summed E-state index contributed by atoms with van der Waals surface area (Å²) in [6, 6.07) is 5.18. The first kappa shape index (κ1) is 43.2. The van der Waals surface area contributed by atoms with Crippen molar-refractivity contribution < 1.29 is 42.6 Å². The van der Waals surface area contributed by atoms with E-state index < -0.39 is 55.3 Å². The summed E-state index contributed by atoms with van der Waals surface area (Å²) in [5.74, 6) is -0.306. The van der Waals surface area contributed by atoms with Crippen LogP contribution >= 0.6 is 7.82 Å². The van der Waals surface area contributed by atoms with E-state index in [0.717, 1.165) is 31.7 Å². The average Bonchev–Trinajstić information content (AvgIpc) is 3.42. The molecule has 13 nitrogen and oxygen atoms in total. The molecule has 55 heavy (non-hydrogen) atoms.